The Bertz CT molecular complexity index is 265. The van der Waals surface area contributed by atoms with E-state index in [-0.39, 0.29) is 5.91 Å². The fourth-order valence-electron chi connectivity index (χ4n) is 3.16. The van der Waals surface area contributed by atoms with E-state index in [1.54, 1.807) is 0 Å². The van der Waals surface area contributed by atoms with Crippen LogP contribution in [0.15, 0.2) is 0 Å². The Kier molecular flexibility index (Phi) is 7.44. The van der Waals surface area contributed by atoms with E-state index in [0.717, 1.165) is 12.8 Å². The summed E-state index contributed by atoms with van der Waals surface area (Å²) in [6.07, 6.45) is 7.91. The van der Waals surface area contributed by atoms with Gasteiger partial charge in [-0.3, -0.25) is 4.79 Å². The molecular formula is C16H32N2O. The van der Waals surface area contributed by atoms with Gasteiger partial charge in [0.1, 0.15) is 0 Å². The van der Waals surface area contributed by atoms with Gasteiger partial charge in [0.05, 0.1) is 0 Å². The highest BCUT2D eigenvalue weighted by molar-refractivity contribution is 5.76. The zero-order chi connectivity index (χ0) is 14.3. The van der Waals surface area contributed by atoms with Gasteiger partial charge in [-0.05, 0) is 43.6 Å². The molecule has 0 aliphatic heterocycles. The predicted octanol–water partition coefficient (Wildman–Crippen LogP) is 3.08. The zero-order valence-corrected chi connectivity index (χ0v) is 13.0. The highest BCUT2D eigenvalue weighted by Crippen LogP contribution is 2.23. The first-order chi connectivity index (χ1) is 9.02. The maximum atomic E-state index is 12.2. The van der Waals surface area contributed by atoms with E-state index in [0.29, 0.717) is 36.8 Å². The summed E-state index contributed by atoms with van der Waals surface area (Å²) in [5, 5.41) is 3.25. The van der Waals surface area contributed by atoms with E-state index in [9.17, 15) is 4.79 Å². The summed E-state index contributed by atoms with van der Waals surface area (Å²) in [6.45, 7) is 7.26. The summed E-state index contributed by atoms with van der Waals surface area (Å²) in [6, 6.07) is 0.382. The van der Waals surface area contributed by atoms with Crippen molar-refractivity contribution in [1.82, 2.24) is 5.32 Å². The summed E-state index contributed by atoms with van der Waals surface area (Å²) < 4.78 is 0. The first kappa shape index (κ1) is 16.5. The molecule has 0 spiro atoms. The molecule has 1 amide bonds. The molecule has 0 aromatic rings. The highest BCUT2D eigenvalue weighted by atomic mass is 16.1. The predicted molar refractivity (Wildman–Crippen MR) is 80.8 cm³/mol. The van der Waals surface area contributed by atoms with Crippen molar-refractivity contribution in [2.75, 3.05) is 6.54 Å². The molecular weight excluding hydrogens is 236 g/mol. The molecule has 0 bridgehead atoms. The van der Waals surface area contributed by atoms with Crippen LogP contribution in [0.25, 0.3) is 0 Å². The van der Waals surface area contributed by atoms with E-state index in [1.807, 2.05) is 0 Å². The summed E-state index contributed by atoms with van der Waals surface area (Å²) in [5.74, 6) is 1.77. The standard InChI is InChI=1S/C16H32N2O/c1-12(2)9-14(11-17)10-16(19)18-15-8-6-4-5-7-13(15)3/h12-15H,4-11,17H2,1-3H3,(H,18,19). The lowest BCUT2D eigenvalue weighted by Crippen LogP contribution is -2.40. The molecule has 0 saturated heterocycles. The third kappa shape index (κ3) is 6.42. The molecule has 112 valence electrons. The van der Waals surface area contributed by atoms with E-state index in [1.165, 1.54) is 25.7 Å². The number of hydrogen-bond donors (Lipinski definition) is 2. The van der Waals surface area contributed by atoms with Crippen molar-refractivity contribution in [3.05, 3.63) is 0 Å². The lowest BCUT2D eigenvalue weighted by molar-refractivity contribution is -0.123. The summed E-state index contributed by atoms with van der Waals surface area (Å²) in [5.41, 5.74) is 5.77. The number of nitrogens with two attached hydrogens (primary N) is 1. The number of hydrogen-bond acceptors (Lipinski definition) is 2. The van der Waals surface area contributed by atoms with E-state index in [4.69, 9.17) is 5.73 Å². The smallest absolute Gasteiger partial charge is 0.220 e. The molecule has 3 unspecified atom stereocenters. The third-order valence-corrected chi connectivity index (χ3v) is 4.32. The molecule has 3 nitrogen and oxygen atoms in total. The molecule has 1 saturated carbocycles. The highest BCUT2D eigenvalue weighted by Gasteiger charge is 2.22. The van der Waals surface area contributed by atoms with Crippen molar-refractivity contribution in [3.63, 3.8) is 0 Å². The van der Waals surface area contributed by atoms with Gasteiger partial charge in [0.15, 0.2) is 0 Å². The molecule has 1 rings (SSSR count). The lowest BCUT2D eigenvalue weighted by atomic mass is 9.93. The second kappa shape index (κ2) is 8.57. The van der Waals surface area contributed by atoms with Crippen LogP contribution < -0.4 is 11.1 Å². The van der Waals surface area contributed by atoms with Crippen LogP contribution in [-0.4, -0.2) is 18.5 Å². The van der Waals surface area contributed by atoms with Gasteiger partial charge in [0.2, 0.25) is 5.91 Å². The number of amides is 1. The molecule has 0 aromatic carbocycles. The first-order valence-electron chi connectivity index (χ1n) is 8.02. The second-order valence-electron chi connectivity index (χ2n) is 6.72. The van der Waals surface area contributed by atoms with Crippen LogP contribution in [0, 0.1) is 17.8 Å². The Morgan fingerprint density at radius 2 is 1.95 bits per heavy atom. The number of nitrogens with one attached hydrogen (secondary N) is 1. The SMILES string of the molecule is CC(C)CC(CN)CC(=O)NC1CCCCCC1C. The molecule has 3 heteroatoms. The van der Waals surface area contributed by atoms with Crippen LogP contribution in [0.2, 0.25) is 0 Å². The van der Waals surface area contributed by atoms with E-state index >= 15 is 0 Å². The Morgan fingerprint density at radius 3 is 2.58 bits per heavy atom. The fraction of sp³-hybridized carbons (Fsp3) is 0.938. The van der Waals surface area contributed by atoms with Crippen LogP contribution in [0.5, 0.6) is 0 Å². The largest absolute Gasteiger partial charge is 0.353 e. The van der Waals surface area contributed by atoms with Crippen molar-refractivity contribution >= 4 is 5.91 Å². The van der Waals surface area contributed by atoms with Crippen molar-refractivity contribution in [1.29, 1.82) is 0 Å². The van der Waals surface area contributed by atoms with Crippen molar-refractivity contribution in [2.45, 2.75) is 71.8 Å². The minimum Gasteiger partial charge on any atom is -0.353 e. The summed E-state index contributed by atoms with van der Waals surface area (Å²) >= 11 is 0. The first-order valence-corrected chi connectivity index (χ1v) is 8.02. The van der Waals surface area contributed by atoms with Gasteiger partial charge in [-0.1, -0.05) is 40.0 Å². The molecule has 0 aromatic heterocycles. The number of rotatable bonds is 6. The van der Waals surface area contributed by atoms with Gasteiger partial charge in [-0.25, -0.2) is 0 Å². The van der Waals surface area contributed by atoms with Crippen molar-refractivity contribution < 1.29 is 4.79 Å². The van der Waals surface area contributed by atoms with Gasteiger partial charge in [0.25, 0.3) is 0 Å². The van der Waals surface area contributed by atoms with Crippen LogP contribution in [0.3, 0.4) is 0 Å². The second-order valence-corrected chi connectivity index (χ2v) is 6.72. The zero-order valence-electron chi connectivity index (χ0n) is 13.0. The normalized spacial score (nSPS) is 25.9. The molecule has 0 heterocycles. The molecule has 3 N–H and O–H groups in total. The molecule has 1 aliphatic rings. The monoisotopic (exact) mass is 268 g/mol. The maximum absolute atomic E-state index is 12.2. The average molecular weight is 268 g/mol. The Morgan fingerprint density at radius 1 is 1.26 bits per heavy atom. The molecule has 19 heavy (non-hydrogen) atoms. The molecule has 3 atom stereocenters. The van der Waals surface area contributed by atoms with Gasteiger partial charge >= 0.3 is 0 Å². The van der Waals surface area contributed by atoms with E-state index < -0.39 is 0 Å². The Labute approximate surface area is 118 Å². The minimum absolute atomic E-state index is 0.204. The van der Waals surface area contributed by atoms with Gasteiger partial charge in [-0.2, -0.15) is 0 Å². The number of carbonyl (C=O) groups excluding carboxylic acids is 1. The van der Waals surface area contributed by atoms with Gasteiger partial charge < -0.3 is 11.1 Å². The van der Waals surface area contributed by atoms with Crippen LogP contribution in [0.1, 0.15) is 65.7 Å². The maximum Gasteiger partial charge on any atom is 0.220 e. The summed E-state index contributed by atoms with van der Waals surface area (Å²) in [7, 11) is 0. The molecule has 0 radical (unpaired) electrons. The number of carbonyl (C=O) groups is 1. The average Bonchev–Trinajstić information content (AvgIpc) is 2.53. The Balaban J connectivity index is 2.39. The van der Waals surface area contributed by atoms with Gasteiger partial charge in [0, 0.05) is 12.5 Å². The quantitative estimate of drug-likeness (QED) is 0.727. The van der Waals surface area contributed by atoms with Crippen molar-refractivity contribution in [2.24, 2.45) is 23.5 Å². The van der Waals surface area contributed by atoms with Crippen LogP contribution in [-0.2, 0) is 4.79 Å². The van der Waals surface area contributed by atoms with Crippen LogP contribution >= 0.6 is 0 Å². The minimum atomic E-state index is 0.204. The topological polar surface area (TPSA) is 55.1 Å². The van der Waals surface area contributed by atoms with E-state index in [2.05, 4.69) is 26.1 Å². The molecule has 1 aliphatic carbocycles. The van der Waals surface area contributed by atoms with Gasteiger partial charge in [-0.15, -0.1) is 0 Å². The van der Waals surface area contributed by atoms with Crippen molar-refractivity contribution in [3.8, 4) is 0 Å². The lowest BCUT2D eigenvalue weighted by Gasteiger charge is -2.24. The Hall–Kier alpha value is -0.570. The summed E-state index contributed by atoms with van der Waals surface area (Å²) in [4.78, 5) is 12.2. The fourth-order valence-corrected chi connectivity index (χ4v) is 3.16. The van der Waals surface area contributed by atoms with Crippen LogP contribution in [0.4, 0.5) is 0 Å². The third-order valence-electron chi connectivity index (χ3n) is 4.32. The molecule has 1 fully saturated rings.